The number of nitrogens with one attached hydrogen (secondary N) is 1. The van der Waals surface area contributed by atoms with Gasteiger partial charge < -0.3 is 20.1 Å². The molecular weight excluding hydrogens is 228 g/mol. The molecule has 1 heterocycles. The number of likely N-dealkylation sites (tertiary alicyclic amines) is 1. The third-order valence-corrected chi connectivity index (χ3v) is 3.83. The molecule has 1 unspecified atom stereocenters. The molecule has 0 amide bonds. The predicted molar refractivity (Wildman–Crippen MR) is 74.9 cm³/mol. The molecule has 1 aliphatic rings. The first-order valence-electron chi connectivity index (χ1n) is 7.13. The Morgan fingerprint density at radius 1 is 1.39 bits per heavy atom. The minimum atomic E-state index is -0.160. The number of nitrogens with zero attached hydrogens (tertiary/aromatic N) is 1. The Kier molecular flexibility index (Phi) is 6.57. The lowest BCUT2D eigenvalue weighted by Crippen LogP contribution is -2.51. The molecule has 0 bridgehead atoms. The van der Waals surface area contributed by atoms with E-state index >= 15 is 0 Å². The van der Waals surface area contributed by atoms with Crippen molar-refractivity contribution in [3.05, 3.63) is 0 Å². The van der Waals surface area contributed by atoms with Crippen molar-refractivity contribution in [2.75, 3.05) is 33.4 Å². The molecule has 1 saturated heterocycles. The smallest absolute Gasteiger partial charge is 0.0611 e. The van der Waals surface area contributed by atoms with Crippen molar-refractivity contribution in [3.8, 4) is 0 Å². The van der Waals surface area contributed by atoms with Crippen molar-refractivity contribution >= 4 is 0 Å². The summed E-state index contributed by atoms with van der Waals surface area (Å²) < 4.78 is 5.38. The van der Waals surface area contributed by atoms with Crippen molar-refractivity contribution in [1.29, 1.82) is 0 Å². The summed E-state index contributed by atoms with van der Waals surface area (Å²) in [7, 11) is 1.80. The number of piperidine rings is 1. The maximum Gasteiger partial charge on any atom is 0.0611 e. The minimum Gasteiger partial charge on any atom is -0.394 e. The summed E-state index contributed by atoms with van der Waals surface area (Å²) in [6, 6.07) is 0.404. The van der Waals surface area contributed by atoms with E-state index in [2.05, 4.69) is 31.0 Å². The van der Waals surface area contributed by atoms with Crippen molar-refractivity contribution in [2.24, 2.45) is 0 Å². The van der Waals surface area contributed by atoms with Crippen LogP contribution in [0.4, 0.5) is 0 Å². The van der Waals surface area contributed by atoms with Crippen molar-refractivity contribution < 1.29 is 9.84 Å². The van der Waals surface area contributed by atoms with Gasteiger partial charge in [0, 0.05) is 31.8 Å². The SMILES string of the molecule is COC1CCN(CCC(C)(CO)NC(C)C)CC1. The van der Waals surface area contributed by atoms with Gasteiger partial charge in [0.2, 0.25) is 0 Å². The molecule has 0 aromatic rings. The first kappa shape index (κ1) is 15.9. The summed E-state index contributed by atoms with van der Waals surface area (Å²) in [5, 5.41) is 13.0. The van der Waals surface area contributed by atoms with Crippen LogP contribution in [0.3, 0.4) is 0 Å². The van der Waals surface area contributed by atoms with Crippen LogP contribution in [0.15, 0.2) is 0 Å². The van der Waals surface area contributed by atoms with Crippen molar-refractivity contribution in [1.82, 2.24) is 10.2 Å². The molecule has 1 fully saturated rings. The van der Waals surface area contributed by atoms with Gasteiger partial charge in [0.25, 0.3) is 0 Å². The van der Waals surface area contributed by atoms with Crippen LogP contribution in [-0.4, -0.2) is 61.0 Å². The number of rotatable bonds is 7. The molecule has 1 atom stereocenters. The highest BCUT2D eigenvalue weighted by Crippen LogP contribution is 2.16. The molecule has 0 aromatic carbocycles. The van der Waals surface area contributed by atoms with Crippen LogP contribution in [-0.2, 0) is 4.74 Å². The fourth-order valence-electron chi connectivity index (χ4n) is 2.67. The number of hydrogen-bond donors (Lipinski definition) is 2. The first-order chi connectivity index (χ1) is 8.49. The zero-order chi connectivity index (χ0) is 13.6. The Bertz CT molecular complexity index is 228. The van der Waals surface area contributed by atoms with E-state index in [0.717, 1.165) is 38.9 Å². The molecule has 4 nitrogen and oxygen atoms in total. The van der Waals surface area contributed by atoms with Gasteiger partial charge in [-0.2, -0.15) is 0 Å². The molecule has 2 N–H and O–H groups in total. The maximum atomic E-state index is 9.54. The van der Waals surface area contributed by atoms with Crippen LogP contribution in [0.1, 0.15) is 40.0 Å². The van der Waals surface area contributed by atoms with Crippen LogP contribution >= 0.6 is 0 Å². The zero-order valence-corrected chi connectivity index (χ0v) is 12.4. The van der Waals surface area contributed by atoms with Crippen molar-refractivity contribution in [3.63, 3.8) is 0 Å². The second-order valence-electron chi connectivity index (χ2n) is 6.04. The molecule has 108 valence electrons. The highest BCUT2D eigenvalue weighted by atomic mass is 16.5. The number of hydrogen-bond acceptors (Lipinski definition) is 4. The molecular formula is C14H30N2O2. The van der Waals surface area contributed by atoms with E-state index in [-0.39, 0.29) is 12.1 Å². The number of methoxy groups -OCH3 is 1. The van der Waals surface area contributed by atoms with Crippen molar-refractivity contribution in [2.45, 2.75) is 57.7 Å². The molecule has 4 heteroatoms. The number of aliphatic hydroxyl groups is 1. The van der Waals surface area contributed by atoms with Crippen LogP contribution in [0.25, 0.3) is 0 Å². The summed E-state index contributed by atoms with van der Waals surface area (Å²) in [5.74, 6) is 0. The Morgan fingerprint density at radius 2 is 2.00 bits per heavy atom. The Morgan fingerprint density at radius 3 is 2.44 bits per heavy atom. The Labute approximate surface area is 112 Å². The topological polar surface area (TPSA) is 44.7 Å². The van der Waals surface area contributed by atoms with Crippen LogP contribution in [0.2, 0.25) is 0 Å². The van der Waals surface area contributed by atoms with Gasteiger partial charge in [-0.15, -0.1) is 0 Å². The fraction of sp³-hybridized carbons (Fsp3) is 1.00. The van der Waals surface area contributed by atoms with E-state index in [9.17, 15) is 5.11 Å². The predicted octanol–water partition coefficient (Wildman–Crippen LogP) is 1.24. The van der Waals surface area contributed by atoms with E-state index in [1.165, 1.54) is 0 Å². The average Bonchev–Trinajstić information content (AvgIpc) is 2.36. The monoisotopic (exact) mass is 258 g/mol. The summed E-state index contributed by atoms with van der Waals surface area (Å²) in [6.07, 6.45) is 3.69. The van der Waals surface area contributed by atoms with Gasteiger partial charge in [-0.3, -0.25) is 0 Å². The lowest BCUT2D eigenvalue weighted by Gasteiger charge is -2.36. The van der Waals surface area contributed by atoms with E-state index in [1.807, 2.05) is 0 Å². The van der Waals surface area contributed by atoms with Gasteiger partial charge in [0.15, 0.2) is 0 Å². The summed E-state index contributed by atoms with van der Waals surface area (Å²) in [4.78, 5) is 2.48. The standard InChI is InChI=1S/C14H30N2O2/c1-12(2)15-14(3,11-17)7-10-16-8-5-13(18-4)6-9-16/h12-13,15,17H,5-11H2,1-4H3. The highest BCUT2D eigenvalue weighted by molar-refractivity contribution is 4.85. The molecule has 1 rings (SSSR count). The third kappa shape index (κ3) is 5.22. The number of aliphatic hydroxyl groups excluding tert-OH is 1. The molecule has 18 heavy (non-hydrogen) atoms. The second-order valence-corrected chi connectivity index (χ2v) is 6.04. The highest BCUT2D eigenvalue weighted by Gasteiger charge is 2.26. The largest absolute Gasteiger partial charge is 0.394 e. The third-order valence-electron chi connectivity index (χ3n) is 3.83. The van der Waals surface area contributed by atoms with Gasteiger partial charge in [0.1, 0.15) is 0 Å². The van der Waals surface area contributed by atoms with E-state index in [1.54, 1.807) is 7.11 Å². The van der Waals surface area contributed by atoms with Gasteiger partial charge in [-0.1, -0.05) is 13.8 Å². The quantitative estimate of drug-likeness (QED) is 0.721. The van der Waals surface area contributed by atoms with Crippen LogP contribution < -0.4 is 5.32 Å². The van der Waals surface area contributed by atoms with E-state index in [4.69, 9.17) is 4.74 Å². The molecule has 0 aromatic heterocycles. The summed E-state index contributed by atoms with van der Waals surface area (Å²) in [5.41, 5.74) is -0.160. The minimum absolute atomic E-state index is 0.160. The average molecular weight is 258 g/mol. The van der Waals surface area contributed by atoms with Crippen LogP contribution in [0.5, 0.6) is 0 Å². The molecule has 0 saturated carbocycles. The van der Waals surface area contributed by atoms with Gasteiger partial charge >= 0.3 is 0 Å². The molecule has 1 aliphatic heterocycles. The Hall–Kier alpha value is -0.160. The lowest BCUT2D eigenvalue weighted by molar-refractivity contribution is 0.0364. The molecule has 0 aliphatic carbocycles. The summed E-state index contributed by atoms with van der Waals surface area (Å²) in [6.45, 7) is 9.82. The lowest BCUT2D eigenvalue weighted by atomic mass is 9.96. The van der Waals surface area contributed by atoms with E-state index in [0.29, 0.717) is 12.1 Å². The van der Waals surface area contributed by atoms with Gasteiger partial charge in [-0.25, -0.2) is 0 Å². The molecule has 0 radical (unpaired) electrons. The van der Waals surface area contributed by atoms with Crippen LogP contribution in [0, 0.1) is 0 Å². The van der Waals surface area contributed by atoms with Gasteiger partial charge in [-0.05, 0) is 32.7 Å². The first-order valence-corrected chi connectivity index (χ1v) is 7.13. The van der Waals surface area contributed by atoms with Gasteiger partial charge in [0.05, 0.1) is 12.7 Å². The summed E-state index contributed by atoms with van der Waals surface area (Å²) >= 11 is 0. The maximum absolute atomic E-state index is 9.54. The normalized spacial score (nSPS) is 22.3. The zero-order valence-electron chi connectivity index (χ0n) is 12.4. The fourth-order valence-corrected chi connectivity index (χ4v) is 2.67. The van der Waals surface area contributed by atoms with E-state index < -0.39 is 0 Å². The number of ether oxygens (including phenoxy) is 1. The molecule has 0 spiro atoms. The Balaban J connectivity index is 2.30. The second kappa shape index (κ2) is 7.43.